The molecule has 1 aromatic carbocycles. The van der Waals surface area contributed by atoms with E-state index in [9.17, 15) is 9.90 Å². The van der Waals surface area contributed by atoms with Crippen LogP contribution in [0.4, 0.5) is 0 Å². The zero-order valence-corrected chi connectivity index (χ0v) is 12.7. The third-order valence-electron chi connectivity index (χ3n) is 2.73. The molecule has 0 heterocycles. The molecule has 0 spiro atoms. The molecule has 0 amide bonds. The smallest absolute Gasteiger partial charge is 0.352 e. The minimum absolute atomic E-state index is 0.206. The van der Waals surface area contributed by atoms with Crippen molar-refractivity contribution in [3.05, 3.63) is 47.2 Å². The molecule has 0 unspecified atom stereocenters. The van der Waals surface area contributed by atoms with E-state index in [1.165, 1.54) is 0 Å². The number of allylic oxidation sites excluding steroid dienone is 1. The van der Waals surface area contributed by atoms with Gasteiger partial charge in [-0.1, -0.05) is 30.3 Å². The number of hydrogen-bond donors (Lipinski definition) is 1. The van der Waals surface area contributed by atoms with Gasteiger partial charge in [0.05, 0.1) is 0 Å². The minimum Gasteiger partial charge on any atom is -0.511 e. The SMILES string of the molecule is CC(C)(C)OC(=O)C(C#N)=C(O)CCCc1ccccc1. The van der Waals surface area contributed by atoms with Crippen molar-refractivity contribution >= 4 is 5.97 Å². The third kappa shape index (κ3) is 6.13. The van der Waals surface area contributed by atoms with Crippen LogP contribution in [-0.2, 0) is 16.0 Å². The van der Waals surface area contributed by atoms with Gasteiger partial charge in [-0.2, -0.15) is 5.26 Å². The van der Waals surface area contributed by atoms with E-state index in [-0.39, 0.29) is 17.8 Å². The fourth-order valence-electron chi connectivity index (χ4n) is 1.79. The number of hydrogen-bond acceptors (Lipinski definition) is 4. The highest BCUT2D eigenvalue weighted by molar-refractivity contribution is 5.93. The van der Waals surface area contributed by atoms with Gasteiger partial charge in [-0.3, -0.25) is 0 Å². The predicted molar refractivity (Wildman–Crippen MR) is 80.5 cm³/mol. The van der Waals surface area contributed by atoms with Crippen molar-refractivity contribution in [3.63, 3.8) is 0 Å². The average molecular weight is 287 g/mol. The molecule has 0 saturated carbocycles. The Bertz CT molecular complexity index is 548. The number of nitriles is 1. The Labute approximate surface area is 125 Å². The number of rotatable bonds is 5. The van der Waals surface area contributed by atoms with E-state index in [2.05, 4.69) is 0 Å². The molecule has 0 saturated heterocycles. The molecule has 0 atom stereocenters. The molecule has 0 aliphatic rings. The van der Waals surface area contributed by atoms with E-state index < -0.39 is 11.6 Å². The van der Waals surface area contributed by atoms with E-state index in [1.807, 2.05) is 30.3 Å². The summed E-state index contributed by atoms with van der Waals surface area (Å²) in [5.74, 6) is -0.982. The van der Waals surface area contributed by atoms with Crippen LogP contribution in [0, 0.1) is 11.3 Å². The number of benzene rings is 1. The van der Waals surface area contributed by atoms with E-state index in [1.54, 1.807) is 26.8 Å². The topological polar surface area (TPSA) is 70.3 Å². The zero-order chi connectivity index (χ0) is 15.9. The first-order valence-corrected chi connectivity index (χ1v) is 6.93. The number of aliphatic hydroxyl groups excluding tert-OH is 1. The molecular formula is C17H21NO3. The van der Waals surface area contributed by atoms with Gasteiger partial charge >= 0.3 is 5.97 Å². The lowest BCUT2D eigenvalue weighted by Crippen LogP contribution is -2.25. The van der Waals surface area contributed by atoms with E-state index in [4.69, 9.17) is 10.00 Å². The Morgan fingerprint density at radius 3 is 2.43 bits per heavy atom. The van der Waals surface area contributed by atoms with Crippen molar-refractivity contribution in [1.82, 2.24) is 0 Å². The first kappa shape index (κ1) is 16.8. The second-order valence-corrected chi connectivity index (χ2v) is 5.77. The fraction of sp³-hybridized carbons (Fsp3) is 0.412. The summed E-state index contributed by atoms with van der Waals surface area (Å²) in [5.41, 5.74) is 0.155. The summed E-state index contributed by atoms with van der Waals surface area (Å²) in [5, 5.41) is 18.9. The van der Waals surface area contributed by atoms with E-state index in [0.29, 0.717) is 6.42 Å². The number of nitrogens with zero attached hydrogens (tertiary/aromatic N) is 1. The zero-order valence-electron chi connectivity index (χ0n) is 12.7. The molecule has 112 valence electrons. The van der Waals surface area contributed by atoms with Crippen LogP contribution in [0.1, 0.15) is 39.2 Å². The van der Waals surface area contributed by atoms with Gasteiger partial charge < -0.3 is 9.84 Å². The largest absolute Gasteiger partial charge is 0.511 e. The summed E-state index contributed by atoms with van der Waals surface area (Å²) in [6.45, 7) is 5.14. The summed E-state index contributed by atoms with van der Waals surface area (Å²) < 4.78 is 5.10. The second-order valence-electron chi connectivity index (χ2n) is 5.77. The normalized spacial score (nSPS) is 12.3. The van der Waals surface area contributed by atoms with Gasteiger partial charge in [-0.15, -0.1) is 0 Å². The number of aryl methyl sites for hydroxylation is 1. The first-order chi connectivity index (χ1) is 9.83. The molecule has 0 aliphatic heterocycles. The van der Waals surface area contributed by atoms with Crippen molar-refractivity contribution in [2.24, 2.45) is 0 Å². The van der Waals surface area contributed by atoms with Crippen molar-refractivity contribution in [3.8, 4) is 6.07 Å². The number of carbonyl (C=O) groups is 1. The van der Waals surface area contributed by atoms with Crippen LogP contribution in [0.2, 0.25) is 0 Å². The molecule has 0 radical (unpaired) electrons. The minimum atomic E-state index is -0.776. The number of aliphatic hydroxyl groups is 1. The summed E-state index contributed by atoms with van der Waals surface area (Å²) >= 11 is 0. The fourth-order valence-corrected chi connectivity index (χ4v) is 1.79. The van der Waals surface area contributed by atoms with Crippen molar-refractivity contribution in [1.29, 1.82) is 5.26 Å². The maximum absolute atomic E-state index is 11.8. The van der Waals surface area contributed by atoms with Gasteiger partial charge in [0.1, 0.15) is 17.4 Å². The second kappa shape index (κ2) is 7.49. The van der Waals surface area contributed by atoms with Crippen molar-refractivity contribution < 1.29 is 14.6 Å². The molecule has 0 aliphatic carbocycles. The molecule has 4 heteroatoms. The maximum Gasteiger partial charge on any atom is 0.352 e. The Morgan fingerprint density at radius 1 is 1.29 bits per heavy atom. The van der Waals surface area contributed by atoms with Crippen LogP contribution in [0.15, 0.2) is 41.7 Å². The molecular weight excluding hydrogens is 266 g/mol. The van der Waals surface area contributed by atoms with E-state index >= 15 is 0 Å². The molecule has 0 fully saturated rings. The lowest BCUT2D eigenvalue weighted by atomic mass is 10.1. The summed E-state index contributed by atoms with van der Waals surface area (Å²) in [4.78, 5) is 11.8. The molecule has 1 rings (SSSR count). The lowest BCUT2D eigenvalue weighted by Gasteiger charge is -2.19. The summed E-state index contributed by atoms with van der Waals surface area (Å²) in [6, 6.07) is 11.6. The molecule has 21 heavy (non-hydrogen) atoms. The number of esters is 1. The van der Waals surface area contributed by atoms with Crippen molar-refractivity contribution in [2.45, 2.75) is 45.6 Å². The van der Waals surface area contributed by atoms with Crippen LogP contribution in [0.25, 0.3) is 0 Å². The highest BCUT2D eigenvalue weighted by Gasteiger charge is 2.22. The van der Waals surface area contributed by atoms with Crippen LogP contribution in [0.5, 0.6) is 0 Å². The number of ether oxygens (including phenoxy) is 1. The molecule has 1 N–H and O–H groups in total. The van der Waals surface area contributed by atoms with E-state index in [0.717, 1.165) is 12.0 Å². The van der Waals surface area contributed by atoms with Gasteiger partial charge in [0.2, 0.25) is 0 Å². The van der Waals surface area contributed by atoms with Crippen LogP contribution < -0.4 is 0 Å². The summed E-state index contributed by atoms with van der Waals surface area (Å²) in [7, 11) is 0. The molecule has 0 aromatic heterocycles. The van der Waals surface area contributed by atoms with Crippen molar-refractivity contribution in [2.75, 3.05) is 0 Å². The highest BCUT2D eigenvalue weighted by atomic mass is 16.6. The summed E-state index contributed by atoms with van der Waals surface area (Å²) in [6.07, 6.45) is 1.71. The standard InChI is InChI=1S/C17H21NO3/c1-17(2,3)21-16(20)14(12-18)15(19)11-7-10-13-8-5-4-6-9-13/h4-6,8-9,19H,7,10-11H2,1-3H3. The quantitative estimate of drug-likeness (QED) is 0.388. The van der Waals surface area contributed by atoms with Gasteiger partial charge in [-0.05, 0) is 39.2 Å². The highest BCUT2D eigenvalue weighted by Crippen LogP contribution is 2.16. The molecule has 0 bridgehead atoms. The van der Waals surface area contributed by atoms with Crippen LogP contribution in [-0.4, -0.2) is 16.7 Å². The number of carbonyl (C=O) groups excluding carboxylic acids is 1. The van der Waals surface area contributed by atoms with Crippen LogP contribution >= 0.6 is 0 Å². The first-order valence-electron chi connectivity index (χ1n) is 6.93. The molecule has 4 nitrogen and oxygen atoms in total. The lowest BCUT2D eigenvalue weighted by molar-refractivity contribution is -0.149. The van der Waals surface area contributed by atoms with Gasteiger partial charge in [-0.25, -0.2) is 4.79 Å². The maximum atomic E-state index is 11.8. The predicted octanol–water partition coefficient (Wildman–Crippen LogP) is 3.69. The van der Waals surface area contributed by atoms with Gasteiger partial charge in [0.25, 0.3) is 0 Å². The Kier molecular flexibility index (Phi) is 5.98. The Morgan fingerprint density at radius 2 is 1.90 bits per heavy atom. The third-order valence-corrected chi connectivity index (χ3v) is 2.73. The Balaban J connectivity index is 2.62. The average Bonchev–Trinajstić information content (AvgIpc) is 2.38. The Hall–Kier alpha value is -2.28. The van der Waals surface area contributed by atoms with Crippen LogP contribution in [0.3, 0.4) is 0 Å². The molecule has 1 aromatic rings. The monoisotopic (exact) mass is 287 g/mol. The van der Waals surface area contributed by atoms with Gasteiger partial charge in [0.15, 0.2) is 5.57 Å². The van der Waals surface area contributed by atoms with Gasteiger partial charge in [0, 0.05) is 6.42 Å².